The molecule has 4 fully saturated rings. The van der Waals surface area contributed by atoms with Crippen molar-refractivity contribution < 1.29 is 19.4 Å². The smallest absolute Gasteiger partial charge is 0.160 e. The summed E-state index contributed by atoms with van der Waals surface area (Å²) in [6, 6.07) is 0. The van der Waals surface area contributed by atoms with Crippen LogP contribution in [-0.2, 0) is 14.3 Å². The van der Waals surface area contributed by atoms with Crippen LogP contribution in [0.15, 0.2) is 11.6 Å². The Bertz CT molecular complexity index is 740. The Hall–Kier alpha value is -0.710. The average molecular weight is 431 g/mol. The van der Waals surface area contributed by atoms with Gasteiger partial charge in [-0.25, -0.2) is 0 Å². The summed E-state index contributed by atoms with van der Waals surface area (Å²) in [6.45, 7) is 10.9. The predicted molar refractivity (Wildman–Crippen MR) is 120 cm³/mol. The lowest BCUT2D eigenvalue weighted by molar-refractivity contribution is -0.151. The van der Waals surface area contributed by atoms with Crippen molar-refractivity contribution in [2.75, 3.05) is 13.2 Å². The van der Waals surface area contributed by atoms with Crippen molar-refractivity contribution in [2.45, 2.75) is 91.5 Å². The lowest BCUT2D eigenvalue weighted by Gasteiger charge is -2.62. The Morgan fingerprint density at radius 1 is 1.13 bits per heavy atom. The molecule has 0 aromatic heterocycles. The molecular weight excluding hydrogens is 388 g/mol. The van der Waals surface area contributed by atoms with Crippen LogP contribution in [0.5, 0.6) is 0 Å². The van der Waals surface area contributed by atoms with Crippen LogP contribution in [0, 0.1) is 46.3 Å². The van der Waals surface area contributed by atoms with Crippen LogP contribution in [0.25, 0.3) is 0 Å². The van der Waals surface area contributed by atoms with Crippen LogP contribution in [0.2, 0.25) is 0 Å². The standard InChI is InChI=1S/C27H42O4/c1-5-6-18-22-15-17(28)9-11-27(22,4)21-10-12-26(3)19(16(2)25-30-13-14-31-25)7-8-20(26)23(21)24(18)29/h15-16,18-21,23-25,29H,5-14H2,1-4H3/t16-,18-,19+,20?,21?,23?,24+,26+,27+/m0/s1. The van der Waals surface area contributed by atoms with Crippen LogP contribution >= 0.6 is 0 Å². The van der Waals surface area contributed by atoms with E-state index >= 15 is 0 Å². The van der Waals surface area contributed by atoms with Crippen LogP contribution in [0.3, 0.4) is 0 Å². The molecule has 1 N–H and O–H groups in total. The van der Waals surface area contributed by atoms with Gasteiger partial charge in [-0.2, -0.15) is 0 Å². The van der Waals surface area contributed by atoms with E-state index in [4.69, 9.17) is 9.47 Å². The monoisotopic (exact) mass is 430 g/mol. The van der Waals surface area contributed by atoms with Crippen molar-refractivity contribution in [1.29, 1.82) is 0 Å². The summed E-state index contributed by atoms with van der Waals surface area (Å²) < 4.78 is 11.8. The van der Waals surface area contributed by atoms with Crippen molar-refractivity contribution in [2.24, 2.45) is 46.3 Å². The Labute approximate surface area is 188 Å². The maximum atomic E-state index is 12.4. The van der Waals surface area contributed by atoms with Gasteiger partial charge in [0.1, 0.15) is 0 Å². The molecule has 4 aliphatic carbocycles. The van der Waals surface area contributed by atoms with Crippen molar-refractivity contribution in [3.05, 3.63) is 11.6 Å². The zero-order valence-corrected chi connectivity index (χ0v) is 19.9. The molecule has 0 aromatic carbocycles. The molecule has 0 amide bonds. The molecule has 0 spiro atoms. The van der Waals surface area contributed by atoms with Gasteiger partial charge in [-0.05, 0) is 79.1 Å². The molecule has 5 rings (SSSR count). The number of hydrogen-bond donors (Lipinski definition) is 1. The second-order valence-electron chi connectivity index (χ2n) is 11.9. The van der Waals surface area contributed by atoms with Crippen molar-refractivity contribution in [1.82, 2.24) is 0 Å². The number of aliphatic hydroxyl groups is 1. The molecule has 5 aliphatic rings. The summed E-state index contributed by atoms with van der Waals surface area (Å²) in [5, 5.41) is 11.8. The summed E-state index contributed by atoms with van der Waals surface area (Å²) >= 11 is 0. The van der Waals surface area contributed by atoms with Crippen molar-refractivity contribution in [3.8, 4) is 0 Å². The van der Waals surface area contributed by atoms with Crippen LogP contribution in [0.4, 0.5) is 0 Å². The minimum absolute atomic E-state index is 0.0566. The topological polar surface area (TPSA) is 55.8 Å². The number of hydrogen-bond acceptors (Lipinski definition) is 4. The van der Waals surface area contributed by atoms with Crippen molar-refractivity contribution in [3.63, 3.8) is 0 Å². The molecule has 1 aliphatic heterocycles. The zero-order valence-electron chi connectivity index (χ0n) is 19.9. The molecule has 9 atom stereocenters. The van der Waals surface area contributed by atoms with E-state index in [9.17, 15) is 9.90 Å². The van der Waals surface area contributed by atoms with E-state index in [-0.39, 0.29) is 34.9 Å². The Morgan fingerprint density at radius 2 is 1.87 bits per heavy atom. The number of fused-ring (bicyclic) bond motifs is 5. The highest BCUT2D eigenvalue weighted by atomic mass is 16.7. The van der Waals surface area contributed by atoms with E-state index in [0.717, 1.165) is 32.5 Å². The fourth-order valence-electron chi connectivity index (χ4n) is 9.15. The van der Waals surface area contributed by atoms with E-state index in [1.54, 1.807) is 0 Å². The first-order valence-electron chi connectivity index (χ1n) is 13.0. The first kappa shape index (κ1) is 22.1. The number of carbonyl (C=O) groups excluding carboxylic acids is 1. The molecule has 0 bridgehead atoms. The maximum Gasteiger partial charge on any atom is 0.160 e. The second kappa shape index (κ2) is 7.95. The average Bonchev–Trinajstić information content (AvgIpc) is 3.39. The molecule has 0 aromatic rings. The molecule has 31 heavy (non-hydrogen) atoms. The summed E-state index contributed by atoms with van der Waals surface area (Å²) in [4.78, 5) is 12.4. The second-order valence-corrected chi connectivity index (χ2v) is 11.9. The first-order valence-corrected chi connectivity index (χ1v) is 13.0. The van der Waals surface area contributed by atoms with Crippen LogP contribution in [-0.4, -0.2) is 36.5 Å². The van der Waals surface area contributed by atoms with Gasteiger partial charge in [-0.15, -0.1) is 0 Å². The van der Waals surface area contributed by atoms with Gasteiger partial charge in [0.15, 0.2) is 12.1 Å². The molecule has 3 saturated carbocycles. The molecule has 4 nitrogen and oxygen atoms in total. The van der Waals surface area contributed by atoms with Gasteiger partial charge < -0.3 is 14.6 Å². The molecule has 0 radical (unpaired) electrons. The fourth-order valence-corrected chi connectivity index (χ4v) is 9.15. The van der Waals surface area contributed by atoms with Crippen LogP contribution < -0.4 is 0 Å². The molecule has 174 valence electrons. The fraction of sp³-hybridized carbons (Fsp3) is 0.889. The summed E-state index contributed by atoms with van der Waals surface area (Å²) in [5.74, 6) is 2.84. The highest BCUT2D eigenvalue weighted by molar-refractivity contribution is 5.91. The summed E-state index contributed by atoms with van der Waals surface area (Å²) in [7, 11) is 0. The highest BCUT2D eigenvalue weighted by Gasteiger charge is 2.64. The molecule has 4 heteroatoms. The Balaban J connectivity index is 1.48. The van der Waals surface area contributed by atoms with Crippen molar-refractivity contribution >= 4 is 5.78 Å². The quantitative estimate of drug-likeness (QED) is 0.671. The van der Waals surface area contributed by atoms with E-state index in [2.05, 4.69) is 27.7 Å². The maximum absolute atomic E-state index is 12.4. The first-order chi connectivity index (χ1) is 14.8. The SMILES string of the molecule is CCC[C@H]1C2=CC(=O)CC[C@]2(C)C2CC[C@@]3(C)C(CC[C@@H]3[C@H](C)C3OCCO3)C2[C@@H]1O. The van der Waals surface area contributed by atoms with Gasteiger partial charge in [0, 0.05) is 18.3 Å². The third kappa shape index (κ3) is 3.22. The number of rotatable bonds is 4. The van der Waals surface area contributed by atoms with Gasteiger partial charge in [0.05, 0.1) is 19.3 Å². The number of ketones is 1. The van der Waals surface area contributed by atoms with E-state index in [1.807, 2.05) is 6.08 Å². The predicted octanol–water partition coefficient (Wildman–Crippen LogP) is 5.14. The third-order valence-corrected chi connectivity index (χ3v) is 10.6. The lowest BCUT2D eigenvalue weighted by Crippen LogP contribution is -2.59. The number of aliphatic hydroxyl groups excluding tert-OH is 1. The largest absolute Gasteiger partial charge is 0.392 e. The minimum atomic E-state index is -0.312. The number of ether oxygens (including phenoxy) is 2. The minimum Gasteiger partial charge on any atom is -0.392 e. The van der Waals surface area contributed by atoms with Gasteiger partial charge in [-0.1, -0.05) is 39.7 Å². The van der Waals surface area contributed by atoms with Gasteiger partial charge in [0.25, 0.3) is 0 Å². The normalized spacial score (nSPS) is 48.7. The molecule has 1 heterocycles. The summed E-state index contributed by atoms with van der Waals surface area (Å²) in [5.41, 5.74) is 1.62. The lowest BCUT2D eigenvalue weighted by atomic mass is 9.43. The summed E-state index contributed by atoms with van der Waals surface area (Å²) in [6.07, 6.45) is 10.1. The van der Waals surface area contributed by atoms with Gasteiger partial charge >= 0.3 is 0 Å². The van der Waals surface area contributed by atoms with Crippen LogP contribution in [0.1, 0.15) is 79.1 Å². The highest BCUT2D eigenvalue weighted by Crippen LogP contribution is 2.68. The van der Waals surface area contributed by atoms with E-state index in [0.29, 0.717) is 36.0 Å². The van der Waals surface area contributed by atoms with Gasteiger partial charge in [0.2, 0.25) is 0 Å². The Morgan fingerprint density at radius 3 is 2.58 bits per heavy atom. The Kier molecular flexibility index (Phi) is 5.67. The molecule has 1 saturated heterocycles. The third-order valence-electron chi connectivity index (χ3n) is 10.6. The zero-order chi connectivity index (χ0) is 22.0. The van der Waals surface area contributed by atoms with E-state index < -0.39 is 0 Å². The van der Waals surface area contributed by atoms with Gasteiger partial charge in [-0.3, -0.25) is 4.79 Å². The number of carbonyl (C=O) groups is 1. The molecule has 3 unspecified atom stereocenters. The van der Waals surface area contributed by atoms with E-state index in [1.165, 1.54) is 31.3 Å². The molecular formula is C27H42O4.